The van der Waals surface area contributed by atoms with Gasteiger partial charge in [-0.3, -0.25) is 24.5 Å². The van der Waals surface area contributed by atoms with E-state index in [0.29, 0.717) is 5.56 Å². The van der Waals surface area contributed by atoms with Gasteiger partial charge in [0.1, 0.15) is 0 Å². The summed E-state index contributed by atoms with van der Waals surface area (Å²) in [5.41, 5.74) is 0.956. The Labute approximate surface area is 208 Å². The number of nitrogens with zero attached hydrogens (tertiary/aromatic N) is 2. The molecule has 0 aliphatic carbocycles. The number of carboxylic acid groups (broad SMARTS) is 1. The first kappa shape index (κ1) is 23.4. The van der Waals surface area contributed by atoms with Crippen molar-refractivity contribution in [3.63, 3.8) is 0 Å². The number of aryl methyl sites for hydroxylation is 1. The van der Waals surface area contributed by atoms with Gasteiger partial charge in [0.15, 0.2) is 0 Å². The summed E-state index contributed by atoms with van der Waals surface area (Å²) in [6.07, 6.45) is 0. The number of carbonyl (C=O) groups is 4. The van der Waals surface area contributed by atoms with Crippen LogP contribution in [0.4, 0.5) is 17.1 Å². The molecule has 0 bridgehead atoms. The van der Waals surface area contributed by atoms with E-state index in [4.69, 9.17) is 0 Å². The number of amides is 3. The van der Waals surface area contributed by atoms with E-state index in [2.05, 4.69) is 5.32 Å². The third kappa shape index (κ3) is 3.86. The van der Waals surface area contributed by atoms with Crippen LogP contribution in [0, 0.1) is 17.0 Å². The maximum atomic E-state index is 13.4. The van der Waals surface area contributed by atoms with E-state index in [0.717, 1.165) is 4.90 Å². The van der Waals surface area contributed by atoms with Crippen molar-refractivity contribution in [1.29, 1.82) is 0 Å². The lowest BCUT2D eigenvalue weighted by atomic mass is 9.92. The second-order valence-electron chi connectivity index (χ2n) is 8.42. The zero-order chi connectivity index (χ0) is 26.4. The Morgan fingerprint density at radius 3 is 2.32 bits per heavy atom. The molecular formula is C27H17N3O7. The lowest BCUT2D eigenvalue weighted by Crippen LogP contribution is -2.40. The fourth-order valence-corrected chi connectivity index (χ4v) is 4.40. The lowest BCUT2D eigenvalue weighted by molar-refractivity contribution is -0.383. The van der Waals surface area contributed by atoms with Crippen molar-refractivity contribution in [2.45, 2.75) is 6.92 Å². The molecule has 0 aromatic heterocycles. The molecule has 10 nitrogen and oxygen atoms in total. The van der Waals surface area contributed by atoms with Gasteiger partial charge in [0.25, 0.3) is 23.4 Å². The smallest absolute Gasteiger partial charge is 0.337 e. The number of imide groups is 1. The van der Waals surface area contributed by atoms with Gasteiger partial charge in [0, 0.05) is 28.1 Å². The summed E-state index contributed by atoms with van der Waals surface area (Å²) in [6, 6.07) is 17.4. The number of hydrogen-bond donors (Lipinski definition) is 2. The number of nitro groups is 1. The molecule has 0 saturated heterocycles. The molecule has 37 heavy (non-hydrogen) atoms. The third-order valence-corrected chi connectivity index (χ3v) is 6.10. The average molecular weight is 495 g/mol. The van der Waals surface area contributed by atoms with Crippen LogP contribution in [0.25, 0.3) is 10.8 Å². The summed E-state index contributed by atoms with van der Waals surface area (Å²) in [6.45, 7) is 1.73. The number of non-ortho nitro benzene ring substituents is 1. The zero-order valence-electron chi connectivity index (χ0n) is 19.2. The van der Waals surface area contributed by atoms with Crippen LogP contribution in [0.15, 0.2) is 72.8 Å². The Morgan fingerprint density at radius 1 is 0.919 bits per heavy atom. The molecule has 4 aromatic rings. The highest BCUT2D eigenvalue weighted by molar-refractivity contribution is 6.36. The largest absolute Gasteiger partial charge is 0.478 e. The first-order chi connectivity index (χ1) is 17.7. The molecule has 10 heteroatoms. The van der Waals surface area contributed by atoms with Crippen molar-refractivity contribution in [3.8, 4) is 0 Å². The Hall–Kier alpha value is -5.38. The highest BCUT2D eigenvalue weighted by atomic mass is 16.6. The topological polar surface area (TPSA) is 147 Å². The molecular weight excluding hydrogens is 478 g/mol. The van der Waals surface area contributed by atoms with Gasteiger partial charge in [-0.2, -0.15) is 0 Å². The van der Waals surface area contributed by atoms with Crippen molar-refractivity contribution < 1.29 is 29.2 Å². The number of anilines is 2. The fourth-order valence-electron chi connectivity index (χ4n) is 4.40. The van der Waals surface area contributed by atoms with E-state index in [1.54, 1.807) is 13.0 Å². The minimum absolute atomic E-state index is 0.0790. The number of nitro benzene ring substituents is 1. The highest BCUT2D eigenvalue weighted by Crippen LogP contribution is 2.37. The van der Waals surface area contributed by atoms with Crippen LogP contribution in [-0.4, -0.2) is 33.7 Å². The Bertz CT molecular complexity index is 1670. The number of hydrogen-bond acceptors (Lipinski definition) is 6. The van der Waals surface area contributed by atoms with Gasteiger partial charge in [-0.1, -0.05) is 23.8 Å². The first-order valence-corrected chi connectivity index (χ1v) is 11.0. The second kappa shape index (κ2) is 8.68. The van der Waals surface area contributed by atoms with Gasteiger partial charge >= 0.3 is 5.97 Å². The van der Waals surface area contributed by atoms with Crippen molar-refractivity contribution in [2.75, 3.05) is 10.2 Å². The van der Waals surface area contributed by atoms with E-state index in [9.17, 15) is 34.4 Å². The van der Waals surface area contributed by atoms with Gasteiger partial charge in [-0.15, -0.1) is 0 Å². The molecule has 0 unspecified atom stereocenters. The molecule has 1 aliphatic rings. The summed E-state index contributed by atoms with van der Waals surface area (Å²) in [4.78, 5) is 63.1. The van der Waals surface area contributed by atoms with Gasteiger partial charge in [-0.05, 0) is 55.5 Å². The number of nitrogens with one attached hydrogen (secondary N) is 1. The molecule has 4 aromatic carbocycles. The maximum absolute atomic E-state index is 13.4. The van der Waals surface area contributed by atoms with E-state index in [1.165, 1.54) is 66.7 Å². The minimum Gasteiger partial charge on any atom is -0.478 e. The van der Waals surface area contributed by atoms with Gasteiger partial charge in [0.2, 0.25) is 0 Å². The molecule has 0 fully saturated rings. The molecule has 1 heterocycles. The summed E-state index contributed by atoms with van der Waals surface area (Å²) in [7, 11) is 0. The number of carbonyl (C=O) groups excluding carboxylic acids is 3. The number of aromatic carboxylic acids is 1. The zero-order valence-corrected chi connectivity index (χ0v) is 19.2. The molecule has 0 saturated carbocycles. The molecule has 1 aliphatic heterocycles. The van der Waals surface area contributed by atoms with Crippen LogP contribution in [0.5, 0.6) is 0 Å². The van der Waals surface area contributed by atoms with Crippen molar-refractivity contribution in [1.82, 2.24) is 0 Å². The van der Waals surface area contributed by atoms with E-state index in [1.807, 2.05) is 0 Å². The Morgan fingerprint density at radius 2 is 1.62 bits per heavy atom. The SMILES string of the molecule is Cc1ccc(NC(=O)c2cccc(N3C(=O)c4cccc5c([N+](=O)[O-])ccc(c45)C3=O)c2)c(C(=O)O)c1. The van der Waals surface area contributed by atoms with Gasteiger partial charge in [0.05, 0.1) is 27.2 Å². The molecule has 0 atom stereocenters. The molecule has 3 amide bonds. The monoisotopic (exact) mass is 495 g/mol. The summed E-state index contributed by atoms with van der Waals surface area (Å²) in [5, 5.41) is 23.9. The van der Waals surface area contributed by atoms with E-state index >= 15 is 0 Å². The van der Waals surface area contributed by atoms with Crippen molar-refractivity contribution in [2.24, 2.45) is 0 Å². The summed E-state index contributed by atoms with van der Waals surface area (Å²) >= 11 is 0. The maximum Gasteiger partial charge on any atom is 0.337 e. The second-order valence-corrected chi connectivity index (χ2v) is 8.42. The number of rotatable bonds is 5. The highest BCUT2D eigenvalue weighted by Gasteiger charge is 2.36. The van der Waals surface area contributed by atoms with Crippen LogP contribution in [0.1, 0.15) is 47.0 Å². The molecule has 2 N–H and O–H groups in total. The van der Waals surface area contributed by atoms with Crippen molar-refractivity contribution >= 4 is 51.5 Å². The number of carboxylic acids is 1. The molecule has 0 radical (unpaired) electrons. The minimum atomic E-state index is -1.20. The summed E-state index contributed by atoms with van der Waals surface area (Å²) in [5.74, 6) is -3.21. The number of benzene rings is 4. The van der Waals surface area contributed by atoms with Gasteiger partial charge < -0.3 is 10.4 Å². The van der Waals surface area contributed by atoms with Crippen LogP contribution in [0.3, 0.4) is 0 Å². The first-order valence-electron chi connectivity index (χ1n) is 11.0. The van der Waals surface area contributed by atoms with Gasteiger partial charge in [-0.25, -0.2) is 9.69 Å². The normalized spacial score (nSPS) is 12.5. The lowest BCUT2D eigenvalue weighted by Gasteiger charge is -2.27. The predicted octanol–water partition coefficient (Wildman–Crippen LogP) is 4.81. The Kier molecular flexibility index (Phi) is 5.48. The quantitative estimate of drug-likeness (QED) is 0.229. The van der Waals surface area contributed by atoms with Crippen LogP contribution < -0.4 is 10.2 Å². The van der Waals surface area contributed by atoms with E-state index in [-0.39, 0.29) is 50.1 Å². The van der Waals surface area contributed by atoms with Crippen LogP contribution in [-0.2, 0) is 0 Å². The molecule has 5 rings (SSSR count). The standard InChI is InChI=1S/C27H17N3O7/c1-14-8-10-21(20(12-14)27(34)35)28-24(31)15-4-2-5-16(13-15)29-25(32)18-7-3-6-17-22(30(36)37)11-9-19(23(17)18)26(29)33/h2-13H,1H3,(H,28,31)(H,34,35). The molecule has 182 valence electrons. The summed E-state index contributed by atoms with van der Waals surface area (Å²) < 4.78 is 0. The predicted molar refractivity (Wildman–Crippen MR) is 134 cm³/mol. The fraction of sp³-hybridized carbons (Fsp3) is 0.0370. The van der Waals surface area contributed by atoms with E-state index < -0.39 is 28.6 Å². The van der Waals surface area contributed by atoms with Crippen LogP contribution >= 0.6 is 0 Å². The third-order valence-electron chi connectivity index (χ3n) is 6.10. The Balaban J connectivity index is 1.53. The molecule has 0 spiro atoms. The average Bonchev–Trinajstić information content (AvgIpc) is 2.88. The van der Waals surface area contributed by atoms with Crippen molar-refractivity contribution in [3.05, 3.63) is 111 Å². The van der Waals surface area contributed by atoms with Crippen LogP contribution in [0.2, 0.25) is 0 Å².